The number of hydrogen-bond donors (Lipinski definition) is 1. The van der Waals surface area contributed by atoms with E-state index in [1.54, 1.807) is 6.20 Å². The maximum atomic E-state index is 9.75. The zero-order valence-corrected chi connectivity index (χ0v) is 12.9. The van der Waals surface area contributed by atoms with Gasteiger partial charge in [0.2, 0.25) is 0 Å². The lowest BCUT2D eigenvalue weighted by molar-refractivity contribution is 0.277. The molecule has 0 saturated heterocycles. The molecule has 2 heteroatoms. The van der Waals surface area contributed by atoms with Gasteiger partial charge in [-0.2, -0.15) is 0 Å². The molecule has 2 aromatic carbocycles. The van der Waals surface area contributed by atoms with E-state index in [9.17, 15) is 5.11 Å². The summed E-state index contributed by atoms with van der Waals surface area (Å²) in [6, 6.07) is 18.5. The molecule has 0 aliphatic heterocycles. The second kappa shape index (κ2) is 6.12. The highest BCUT2D eigenvalue weighted by Crippen LogP contribution is 2.36. The van der Waals surface area contributed by atoms with Crippen molar-refractivity contribution in [2.75, 3.05) is 0 Å². The molecule has 0 bridgehead atoms. The maximum absolute atomic E-state index is 9.75. The lowest BCUT2D eigenvalue weighted by Crippen LogP contribution is -1.99. The summed E-state index contributed by atoms with van der Waals surface area (Å²) >= 11 is 0. The molecule has 1 heterocycles. The summed E-state index contributed by atoms with van der Waals surface area (Å²) in [6.07, 6.45) is 1.77. The third kappa shape index (κ3) is 2.53. The molecule has 0 fully saturated rings. The molecule has 0 aliphatic rings. The van der Waals surface area contributed by atoms with Crippen molar-refractivity contribution in [1.82, 2.24) is 4.98 Å². The summed E-state index contributed by atoms with van der Waals surface area (Å²) < 4.78 is 0. The molecule has 110 valence electrons. The van der Waals surface area contributed by atoms with Crippen molar-refractivity contribution in [1.29, 1.82) is 0 Å². The second-order valence-corrected chi connectivity index (χ2v) is 5.45. The maximum Gasteiger partial charge on any atom is 0.0859 e. The van der Waals surface area contributed by atoms with Gasteiger partial charge in [0.15, 0.2) is 0 Å². The zero-order valence-electron chi connectivity index (χ0n) is 12.9. The molecule has 0 radical (unpaired) electrons. The Morgan fingerprint density at radius 1 is 0.864 bits per heavy atom. The molecule has 22 heavy (non-hydrogen) atoms. The Morgan fingerprint density at radius 3 is 2.36 bits per heavy atom. The summed E-state index contributed by atoms with van der Waals surface area (Å²) in [5.74, 6) is 0. The van der Waals surface area contributed by atoms with Crippen molar-refractivity contribution < 1.29 is 5.11 Å². The van der Waals surface area contributed by atoms with Gasteiger partial charge in [-0.15, -0.1) is 0 Å². The fourth-order valence-corrected chi connectivity index (χ4v) is 2.81. The normalized spacial score (nSPS) is 10.7. The average molecular weight is 289 g/mol. The molecule has 0 aliphatic carbocycles. The molecular weight excluding hydrogens is 270 g/mol. The Hall–Kier alpha value is -2.45. The van der Waals surface area contributed by atoms with Crippen molar-refractivity contribution in [2.45, 2.75) is 20.5 Å². The number of aryl methyl sites for hydroxylation is 1. The minimum absolute atomic E-state index is 0.0661. The Balaban J connectivity index is 2.32. The summed E-state index contributed by atoms with van der Waals surface area (Å²) in [5, 5.41) is 9.75. The zero-order chi connectivity index (χ0) is 15.5. The molecule has 3 rings (SSSR count). The van der Waals surface area contributed by atoms with Gasteiger partial charge in [-0.3, -0.25) is 4.98 Å². The SMILES string of the molecule is Cc1cccc(-c2c(-c3ccccc3)ccnc2CO)c1C. The molecular formula is C20H19NO. The lowest BCUT2D eigenvalue weighted by Gasteiger charge is -2.16. The predicted octanol–water partition coefficient (Wildman–Crippen LogP) is 4.52. The first kappa shape index (κ1) is 14.5. The fourth-order valence-electron chi connectivity index (χ4n) is 2.81. The average Bonchev–Trinajstić information content (AvgIpc) is 2.57. The number of benzene rings is 2. The van der Waals surface area contributed by atoms with E-state index >= 15 is 0 Å². The highest BCUT2D eigenvalue weighted by Gasteiger charge is 2.15. The van der Waals surface area contributed by atoms with Gasteiger partial charge in [-0.05, 0) is 47.7 Å². The van der Waals surface area contributed by atoms with Crippen LogP contribution in [0.25, 0.3) is 22.3 Å². The first-order chi connectivity index (χ1) is 10.7. The van der Waals surface area contributed by atoms with Crippen molar-refractivity contribution in [2.24, 2.45) is 0 Å². The topological polar surface area (TPSA) is 33.1 Å². The Kier molecular flexibility index (Phi) is 4.03. The molecule has 0 saturated carbocycles. The van der Waals surface area contributed by atoms with E-state index < -0.39 is 0 Å². The van der Waals surface area contributed by atoms with E-state index in [4.69, 9.17) is 0 Å². The molecule has 0 atom stereocenters. The summed E-state index contributed by atoms with van der Waals surface area (Å²) in [4.78, 5) is 4.38. The number of hydrogen-bond acceptors (Lipinski definition) is 2. The summed E-state index contributed by atoms with van der Waals surface area (Å²) in [5.41, 5.74) is 7.58. The highest BCUT2D eigenvalue weighted by atomic mass is 16.3. The Morgan fingerprint density at radius 2 is 1.64 bits per heavy atom. The third-order valence-corrected chi connectivity index (χ3v) is 4.14. The number of aliphatic hydroxyl groups excluding tert-OH is 1. The Bertz CT molecular complexity index is 794. The van der Waals surface area contributed by atoms with Gasteiger partial charge in [-0.1, -0.05) is 48.5 Å². The Labute approximate surface area is 131 Å². The smallest absolute Gasteiger partial charge is 0.0859 e. The van der Waals surface area contributed by atoms with E-state index in [1.165, 1.54) is 11.1 Å². The number of aliphatic hydroxyl groups is 1. The van der Waals surface area contributed by atoms with Crippen LogP contribution in [0.15, 0.2) is 60.8 Å². The first-order valence-electron chi connectivity index (χ1n) is 7.43. The van der Waals surface area contributed by atoms with Crippen LogP contribution in [0, 0.1) is 13.8 Å². The molecule has 0 unspecified atom stereocenters. The molecule has 2 nitrogen and oxygen atoms in total. The lowest BCUT2D eigenvalue weighted by atomic mass is 9.90. The van der Waals surface area contributed by atoms with E-state index in [0.717, 1.165) is 27.9 Å². The van der Waals surface area contributed by atoms with Crippen LogP contribution in [0.4, 0.5) is 0 Å². The first-order valence-corrected chi connectivity index (χ1v) is 7.43. The fraction of sp³-hybridized carbons (Fsp3) is 0.150. The van der Waals surface area contributed by atoms with Crippen molar-refractivity contribution in [3.8, 4) is 22.3 Å². The number of pyridine rings is 1. The van der Waals surface area contributed by atoms with E-state index in [0.29, 0.717) is 0 Å². The predicted molar refractivity (Wildman–Crippen MR) is 90.5 cm³/mol. The van der Waals surface area contributed by atoms with Gasteiger partial charge in [0.25, 0.3) is 0 Å². The largest absolute Gasteiger partial charge is 0.390 e. The molecule has 1 aromatic heterocycles. The van der Waals surface area contributed by atoms with Crippen LogP contribution in [0.3, 0.4) is 0 Å². The van der Waals surface area contributed by atoms with Crippen LogP contribution >= 0.6 is 0 Å². The van der Waals surface area contributed by atoms with Crippen LogP contribution in [-0.4, -0.2) is 10.1 Å². The van der Waals surface area contributed by atoms with Gasteiger partial charge in [-0.25, -0.2) is 0 Å². The number of rotatable bonds is 3. The monoisotopic (exact) mass is 289 g/mol. The molecule has 0 amide bonds. The van der Waals surface area contributed by atoms with Crippen molar-refractivity contribution in [3.05, 3.63) is 77.6 Å². The van der Waals surface area contributed by atoms with E-state index in [2.05, 4.69) is 49.2 Å². The van der Waals surface area contributed by atoms with Crippen molar-refractivity contribution >= 4 is 0 Å². The van der Waals surface area contributed by atoms with Crippen LogP contribution in [0.2, 0.25) is 0 Å². The van der Waals surface area contributed by atoms with Crippen molar-refractivity contribution in [3.63, 3.8) is 0 Å². The minimum Gasteiger partial charge on any atom is -0.390 e. The highest BCUT2D eigenvalue weighted by molar-refractivity contribution is 5.86. The third-order valence-electron chi connectivity index (χ3n) is 4.14. The van der Waals surface area contributed by atoms with E-state index in [1.807, 2.05) is 24.3 Å². The molecule has 0 spiro atoms. The quantitative estimate of drug-likeness (QED) is 0.768. The van der Waals surface area contributed by atoms with Gasteiger partial charge < -0.3 is 5.11 Å². The van der Waals surface area contributed by atoms with Crippen LogP contribution in [0.5, 0.6) is 0 Å². The molecule has 1 N–H and O–H groups in total. The number of aromatic nitrogens is 1. The number of nitrogens with zero attached hydrogens (tertiary/aromatic N) is 1. The van der Waals surface area contributed by atoms with Gasteiger partial charge in [0.05, 0.1) is 12.3 Å². The van der Waals surface area contributed by atoms with Gasteiger partial charge >= 0.3 is 0 Å². The van der Waals surface area contributed by atoms with Crippen LogP contribution < -0.4 is 0 Å². The summed E-state index contributed by atoms with van der Waals surface area (Å²) in [7, 11) is 0. The van der Waals surface area contributed by atoms with Gasteiger partial charge in [0.1, 0.15) is 0 Å². The van der Waals surface area contributed by atoms with E-state index in [-0.39, 0.29) is 6.61 Å². The summed E-state index contributed by atoms with van der Waals surface area (Å²) in [6.45, 7) is 4.16. The van der Waals surface area contributed by atoms with Crippen LogP contribution in [-0.2, 0) is 6.61 Å². The van der Waals surface area contributed by atoms with Crippen LogP contribution in [0.1, 0.15) is 16.8 Å². The van der Waals surface area contributed by atoms with Gasteiger partial charge in [0, 0.05) is 11.8 Å². The minimum atomic E-state index is -0.0661. The standard InChI is InChI=1S/C20H19NO/c1-14-7-6-10-17(15(14)2)20-18(11-12-21-19(20)13-22)16-8-4-3-5-9-16/h3-12,22H,13H2,1-2H3. The second-order valence-electron chi connectivity index (χ2n) is 5.45. The molecule has 3 aromatic rings.